The van der Waals surface area contributed by atoms with Crippen LogP contribution >= 0.6 is 0 Å². The van der Waals surface area contributed by atoms with Crippen LogP contribution in [0.2, 0.25) is 0 Å². The number of rotatable bonds is 2. The molecule has 0 saturated heterocycles. The van der Waals surface area contributed by atoms with Crippen molar-refractivity contribution in [2.24, 2.45) is 0 Å². The lowest BCUT2D eigenvalue weighted by molar-refractivity contribution is 0.103. The molecule has 0 spiro atoms. The molecule has 0 aliphatic heterocycles. The second kappa shape index (κ2) is 4.14. The van der Waals surface area contributed by atoms with Crippen molar-refractivity contribution in [2.45, 2.75) is 0 Å². The number of ketones is 1. The molecule has 2 rings (SSSR count). The third-order valence-electron chi connectivity index (χ3n) is 2.24. The predicted molar refractivity (Wildman–Crippen MR) is 59.5 cm³/mol. The van der Waals surface area contributed by atoms with Gasteiger partial charge in [-0.3, -0.25) is 4.79 Å². The molecule has 2 N–H and O–H groups in total. The molecule has 1 radical (unpaired) electrons. The van der Waals surface area contributed by atoms with Gasteiger partial charge in [0.1, 0.15) is 5.82 Å². The van der Waals surface area contributed by atoms with E-state index < -0.39 is 0 Å². The summed E-state index contributed by atoms with van der Waals surface area (Å²) in [5.41, 5.74) is 6.73. The second-order valence-corrected chi connectivity index (χ2v) is 3.33. The highest BCUT2D eigenvalue weighted by atomic mass is 19.1. The minimum atomic E-state index is -0.371. The highest BCUT2D eigenvalue weighted by Crippen LogP contribution is 2.15. The molecular weight excluding hydrogens is 205 g/mol. The van der Waals surface area contributed by atoms with E-state index in [4.69, 9.17) is 5.73 Å². The number of carbonyl (C=O) groups excluding carboxylic acids is 1. The molecule has 2 nitrogen and oxygen atoms in total. The number of nitrogens with two attached hydrogens (primary N) is 1. The minimum absolute atomic E-state index is 0.227. The van der Waals surface area contributed by atoms with Crippen LogP contribution in [-0.4, -0.2) is 5.78 Å². The molecule has 0 fully saturated rings. The maximum Gasteiger partial charge on any atom is 0.195 e. The SMILES string of the molecule is Nc1[c]cccc1C(=O)c1ccc(F)cc1. The molecule has 0 bridgehead atoms. The molecule has 0 aliphatic rings. The van der Waals surface area contributed by atoms with Crippen LogP contribution in [0.15, 0.2) is 42.5 Å². The van der Waals surface area contributed by atoms with Crippen molar-refractivity contribution in [2.75, 3.05) is 5.73 Å². The molecule has 79 valence electrons. The Bertz CT molecular complexity index is 520. The van der Waals surface area contributed by atoms with E-state index in [9.17, 15) is 9.18 Å². The topological polar surface area (TPSA) is 43.1 Å². The molecular formula is C13H9FNO. The van der Waals surface area contributed by atoms with E-state index >= 15 is 0 Å². The van der Waals surface area contributed by atoms with Crippen LogP contribution < -0.4 is 5.73 Å². The summed E-state index contributed by atoms with van der Waals surface area (Å²) < 4.78 is 12.7. The Morgan fingerprint density at radius 3 is 2.50 bits per heavy atom. The average Bonchev–Trinajstić information content (AvgIpc) is 2.30. The van der Waals surface area contributed by atoms with Crippen LogP contribution in [0, 0.1) is 11.9 Å². The van der Waals surface area contributed by atoms with Gasteiger partial charge in [0.25, 0.3) is 0 Å². The fourth-order valence-corrected chi connectivity index (χ4v) is 1.40. The number of nitrogen functional groups attached to an aromatic ring is 1. The number of benzene rings is 2. The predicted octanol–water partition coefficient (Wildman–Crippen LogP) is 2.44. The summed E-state index contributed by atoms with van der Waals surface area (Å²) in [5, 5.41) is 0. The lowest BCUT2D eigenvalue weighted by atomic mass is 10.0. The Morgan fingerprint density at radius 1 is 1.19 bits per heavy atom. The number of anilines is 1. The summed E-state index contributed by atoms with van der Waals surface area (Å²) in [6, 6.07) is 13.1. The number of carbonyl (C=O) groups is 1. The summed E-state index contributed by atoms with van der Waals surface area (Å²) in [6.07, 6.45) is 0. The van der Waals surface area contributed by atoms with Gasteiger partial charge in [-0.25, -0.2) is 4.39 Å². The Hall–Kier alpha value is -2.16. The lowest BCUT2D eigenvalue weighted by Gasteiger charge is -2.03. The normalized spacial score (nSPS) is 10.1. The fraction of sp³-hybridized carbons (Fsp3) is 0. The van der Waals surface area contributed by atoms with Crippen molar-refractivity contribution in [3.63, 3.8) is 0 Å². The van der Waals surface area contributed by atoms with Crippen LogP contribution in [0.4, 0.5) is 10.1 Å². The Balaban J connectivity index is 2.40. The van der Waals surface area contributed by atoms with Crippen LogP contribution in [0.1, 0.15) is 15.9 Å². The van der Waals surface area contributed by atoms with Gasteiger partial charge >= 0.3 is 0 Å². The van der Waals surface area contributed by atoms with Gasteiger partial charge in [0, 0.05) is 17.2 Å². The molecule has 2 aromatic carbocycles. The second-order valence-electron chi connectivity index (χ2n) is 3.33. The van der Waals surface area contributed by atoms with Crippen LogP contribution in [0.5, 0.6) is 0 Å². The third kappa shape index (κ3) is 1.93. The number of hydrogen-bond donors (Lipinski definition) is 1. The van der Waals surface area contributed by atoms with Gasteiger partial charge in [-0.1, -0.05) is 12.1 Å². The van der Waals surface area contributed by atoms with Crippen molar-refractivity contribution in [1.82, 2.24) is 0 Å². The summed E-state index contributed by atoms with van der Waals surface area (Å²) >= 11 is 0. The zero-order valence-electron chi connectivity index (χ0n) is 8.41. The first-order valence-corrected chi connectivity index (χ1v) is 4.75. The lowest BCUT2D eigenvalue weighted by Crippen LogP contribution is -2.05. The monoisotopic (exact) mass is 214 g/mol. The van der Waals surface area contributed by atoms with E-state index in [1.54, 1.807) is 18.2 Å². The van der Waals surface area contributed by atoms with Crippen molar-refractivity contribution >= 4 is 11.5 Å². The summed E-state index contributed by atoms with van der Waals surface area (Å²) in [7, 11) is 0. The molecule has 2 aromatic rings. The number of halogens is 1. The zero-order chi connectivity index (χ0) is 11.5. The van der Waals surface area contributed by atoms with Gasteiger partial charge in [0.15, 0.2) is 5.78 Å². The van der Waals surface area contributed by atoms with E-state index in [1.807, 2.05) is 0 Å². The van der Waals surface area contributed by atoms with Gasteiger partial charge in [-0.15, -0.1) is 0 Å². The number of para-hydroxylation sites is 1. The van der Waals surface area contributed by atoms with Crippen molar-refractivity contribution in [3.05, 3.63) is 65.5 Å². The van der Waals surface area contributed by atoms with Crippen LogP contribution in [0.3, 0.4) is 0 Å². The Kier molecular flexibility index (Phi) is 2.68. The largest absolute Gasteiger partial charge is 0.398 e. The summed E-state index contributed by atoms with van der Waals surface area (Å²) in [5.74, 6) is -0.599. The Morgan fingerprint density at radius 2 is 1.88 bits per heavy atom. The maximum atomic E-state index is 12.7. The molecule has 16 heavy (non-hydrogen) atoms. The first-order valence-electron chi connectivity index (χ1n) is 4.75. The van der Waals surface area contributed by atoms with Crippen molar-refractivity contribution in [1.29, 1.82) is 0 Å². The Labute approximate surface area is 92.5 Å². The van der Waals surface area contributed by atoms with E-state index in [2.05, 4.69) is 6.07 Å². The molecule has 0 amide bonds. The zero-order valence-corrected chi connectivity index (χ0v) is 8.41. The quantitative estimate of drug-likeness (QED) is 0.616. The fourth-order valence-electron chi connectivity index (χ4n) is 1.40. The number of hydrogen-bond acceptors (Lipinski definition) is 2. The first kappa shape index (κ1) is 10.4. The van der Waals surface area contributed by atoms with Crippen LogP contribution in [-0.2, 0) is 0 Å². The van der Waals surface area contributed by atoms with Gasteiger partial charge in [-0.05, 0) is 30.3 Å². The molecule has 0 unspecified atom stereocenters. The summed E-state index contributed by atoms with van der Waals surface area (Å²) in [4.78, 5) is 12.0. The van der Waals surface area contributed by atoms with E-state index in [0.29, 0.717) is 16.8 Å². The molecule has 0 saturated carbocycles. The van der Waals surface area contributed by atoms with Crippen LogP contribution in [0.25, 0.3) is 0 Å². The van der Waals surface area contributed by atoms with Crippen molar-refractivity contribution < 1.29 is 9.18 Å². The smallest absolute Gasteiger partial charge is 0.195 e. The molecule has 3 heteroatoms. The molecule has 0 aromatic heterocycles. The van der Waals surface area contributed by atoms with E-state index in [0.717, 1.165) is 0 Å². The summed E-state index contributed by atoms with van der Waals surface area (Å²) in [6.45, 7) is 0. The van der Waals surface area contributed by atoms with E-state index in [1.165, 1.54) is 24.3 Å². The maximum absolute atomic E-state index is 12.7. The molecule has 0 heterocycles. The van der Waals surface area contributed by atoms with Gasteiger partial charge in [0.05, 0.1) is 5.69 Å². The van der Waals surface area contributed by atoms with E-state index in [-0.39, 0.29) is 11.6 Å². The van der Waals surface area contributed by atoms with Gasteiger partial charge in [0.2, 0.25) is 0 Å². The van der Waals surface area contributed by atoms with Gasteiger partial charge in [-0.2, -0.15) is 0 Å². The molecule has 0 aliphatic carbocycles. The van der Waals surface area contributed by atoms with Crippen molar-refractivity contribution in [3.8, 4) is 0 Å². The third-order valence-corrected chi connectivity index (χ3v) is 2.24. The first-order chi connectivity index (χ1) is 7.68. The average molecular weight is 214 g/mol. The van der Waals surface area contributed by atoms with Gasteiger partial charge < -0.3 is 5.73 Å². The highest BCUT2D eigenvalue weighted by molar-refractivity contribution is 6.11. The molecule has 0 atom stereocenters. The minimum Gasteiger partial charge on any atom is -0.398 e. The highest BCUT2D eigenvalue weighted by Gasteiger charge is 2.11. The standard InChI is InChI=1S/C13H9FNO/c14-10-7-5-9(6-8-10)13(16)11-3-1-2-4-12(11)15/h1-3,5-8H,15H2.